The molecule has 0 aliphatic rings. The van der Waals surface area contributed by atoms with Crippen molar-refractivity contribution < 1.29 is 8.42 Å². The Labute approximate surface area is 121 Å². The van der Waals surface area contributed by atoms with Gasteiger partial charge in [-0.2, -0.15) is 9.57 Å². The van der Waals surface area contributed by atoms with E-state index in [-0.39, 0.29) is 23.9 Å². The van der Waals surface area contributed by atoms with Crippen LogP contribution in [0.15, 0.2) is 29.2 Å². The Kier molecular flexibility index (Phi) is 5.99. The van der Waals surface area contributed by atoms with Gasteiger partial charge in [0.25, 0.3) is 0 Å². The highest BCUT2D eigenvalue weighted by molar-refractivity contribution is 7.89. The van der Waals surface area contributed by atoms with E-state index in [0.717, 1.165) is 12.2 Å². The van der Waals surface area contributed by atoms with Crippen molar-refractivity contribution in [1.82, 2.24) is 4.31 Å². The zero-order valence-corrected chi connectivity index (χ0v) is 12.9. The van der Waals surface area contributed by atoms with Crippen LogP contribution < -0.4 is 5.32 Å². The molecule has 0 spiro atoms. The van der Waals surface area contributed by atoms with Crippen molar-refractivity contribution in [3.8, 4) is 6.07 Å². The Balaban J connectivity index is 3.03. The molecular weight excluding hydrogens is 274 g/mol. The molecule has 1 aromatic rings. The van der Waals surface area contributed by atoms with Crippen LogP contribution >= 0.6 is 0 Å². The maximum atomic E-state index is 12.5. The lowest BCUT2D eigenvalue weighted by molar-refractivity contribution is 0.360. The molecular formula is C14H21N3O2S. The second-order valence-electron chi connectivity index (χ2n) is 4.67. The van der Waals surface area contributed by atoms with E-state index in [0.29, 0.717) is 0 Å². The van der Waals surface area contributed by atoms with Crippen molar-refractivity contribution in [2.45, 2.75) is 38.1 Å². The molecule has 0 aromatic heterocycles. The first-order chi connectivity index (χ1) is 9.43. The van der Waals surface area contributed by atoms with Crippen LogP contribution in [0.4, 0.5) is 5.69 Å². The maximum absolute atomic E-state index is 12.5. The molecule has 0 amide bonds. The molecule has 1 aromatic carbocycles. The molecule has 5 nitrogen and oxygen atoms in total. The fourth-order valence-electron chi connectivity index (χ4n) is 1.90. The summed E-state index contributed by atoms with van der Waals surface area (Å²) < 4.78 is 26.4. The predicted octanol–water partition coefficient (Wildman–Crippen LogP) is 2.43. The highest BCUT2D eigenvalue weighted by atomic mass is 32.2. The smallest absolute Gasteiger partial charge is 0.243 e. The van der Waals surface area contributed by atoms with Gasteiger partial charge in [-0.15, -0.1) is 0 Å². The molecule has 6 heteroatoms. The Hall–Kier alpha value is -1.58. The third-order valence-corrected chi connectivity index (χ3v) is 4.95. The van der Waals surface area contributed by atoms with Crippen molar-refractivity contribution in [2.75, 3.05) is 18.4 Å². The fourth-order valence-corrected chi connectivity index (χ4v) is 3.54. The number of nitriles is 1. The van der Waals surface area contributed by atoms with Gasteiger partial charge in [0, 0.05) is 31.2 Å². The Bertz CT molecular complexity index is 559. The SMILES string of the molecule is CCNc1ccc(S(=O)(=O)N(CCC#N)C(C)C)cc1. The predicted molar refractivity (Wildman–Crippen MR) is 79.9 cm³/mol. The number of nitrogens with zero attached hydrogens (tertiary/aromatic N) is 2. The molecule has 0 fully saturated rings. The van der Waals surface area contributed by atoms with Gasteiger partial charge in [-0.1, -0.05) is 0 Å². The van der Waals surface area contributed by atoms with Gasteiger partial charge in [0.15, 0.2) is 0 Å². The number of rotatable bonds is 7. The van der Waals surface area contributed by atoms with E-state index >= 15 is 0 Å². The molecule has 0 radical (unpaired) electrons. The van der Waals surface area contributed by atoms with Gasteiger partial charge in [-0.05, 0) is 45.0 Å². The first-order valence-corrected chi connectivity index (χ1v) is 8.10. The topological polar surface area (TPSA) is 73.2 Å². The Morgan fingerprint density at radius 3 is 2.35 bits per heavy atom. The number of sulfonamides is 1. The molecule has 1 N–H and O–H groups in total. The molecule has 0 heterocycles. The summed E-state index contributed by atoms with van der Waals surface area (Å²) in [6, 6.07) is 8.49. The van der Waals surface area contributed by atoms with Gasteiger partial charge in [0.2, 0.25) is 10.0 Å². The van der Waals surface area contributed by atoms with Gasteiger partial charge >= 0.3 is 0 Å². The average Bonchev–Trinajstić information content (AvgIpc) is 2.39. The van der Waals surface area contributed by atoms with Gasteiger partial charge < -0.3 is 5.32 Å². The van der Waals surface area contributed by atoms with Crippen molar-refractivity contribution in [2.24, 2.45) is 0 Å². The number of nitrogens with one attached hydrogen (secondary N) is 1. The summed E-state index contributed by atoms with van der Waals surface area (Å²) in [5.41, 5.74) is 0.888. The van der Waals surface area contributed by atoms with E-state index < -0.39 is 10.0 Å². The minimum atomic E-state index is -3.55. The van der Waals surface area contributed by atoms with E-state index in [2.05, 4.69) is 5.32 Å². The van der Waals surface area contributed by atoms with Crippen LogP contribution in [0.25, 0.3) is 0 Å². The minimum absolute atomic E-state index is 0.179. The average molecular weight is 295 g/mol. The van der Waals surface area contributed by atoms with E-state index in [1.54, 1.807) is 24.3 Å². The van der Waals surface area contributed by atoms with Crippen LogP contribution in [0.3, 0.4) is 0 Å². The Morgan fingerprint density at radius 2 is 1.90 bits per heavy atom. The standard InChI is InChI=1S/C14H21N3O2S/c1-4-16-13-6-8-14(9-7-13)20(18,19)17(12(2)3)11-5-10-15/h6-9,12,16H,4-5,11H2,1-3H3. The van der Waals surface area contributed by atoms with E-state index in [4.69, 9.17) is 5.26 Å². The third kappa shape index (κ3) is 3.95. The number of benzene rings is 1. The molecule has 0 bridgehead atoms. The molecule has 1 rings (SSSR count). The normalized spacial score (nSPS) is 11.6. The van der Waals surface area contributed by atoms with Crippen molar-refractivity contribution >= 4 is 15.7 Å². The number of hydrogen-bond donors (Lipinski definition) is 1. The quantitative estimate of drug-likeness (QED) is 0.838. The molecule has 110 valence electrons. The van der Waals surface area contributed by atoms with E-state index in [1.807, 2.05) is 26.8 Å². The lowest BCUT2D eigenvalue weighted by Gasteiger charge is -2.25. The van der Waals surface area contributed by atoms with Gasteiger partial charge in [0.1, 0.15) is 0 Å². The first kappa shape index (κ1) is 16.5. The number of hydrogen-bond acceptors (Lipinski definition) is 4. The van der Waals surface area contributed by atoms with Gasteiger partial charge in [-0.25, -0.2) is 8.42 Å². The molecule has 20 heavy (non-hydrogen) atoms. The van der Waals surface area contributed by atoms with Crippen LogP contribution in [-0.4, -0.2) is 31.9 Å². The minimum Gasteiger partial charge on any atom is -0.385 e. The zero-order valence-electron chi connectivity index (χ0n) is 12.1. The van der Waals surface area contributed by atoms with E-state index in [1.165, 1.54) is 4.31 Å². The Morgan fingerprint density at radius 1 is 1.30 bits per heavy atom. The maximum Gasteiger partial charge on any atom is 0.243 e. The second kappa shape index (κ2) is 7.27. The van der Waals surface area contributed by atoms with Crippen LogP contribution in [0, 0.1) is 11.3 Å². The molecule has 0 unspecified atom stereocenters. The van der Waals surface area contributed by atoms with Crippen molar-refractivity contribution in [3.05, 3.63) is 24.3 Å². The summed E-state index contributed by atoms with van der Waals surface area (Å²) >= 11 is 0. The zero-order chi connectivity index (χ0) is 15.2. The highest BCUT2D eigenvalue weighted by Crippen LogP contribution is 2.20. The van der Waals surface area contributed by atoms with Crippen LogP contribution in [0.2, 0.25) is 0 Å². The van der Waals surface area contributed by atoms with Gasteiger partial charge in [0.05, 0.1) is 11.0 Å². The molecule has 0 aliphatic heterocycles. The molecule has 0 saturated heterocycles. The van der Waals surface area contributed by atoms with Crippen LogP contribution in [-0.2, 0) is 10.0 Å². The van der Waals surface area contributed by atoms with Crippen molar-refractivity contribution in [3.63, 3.8) is 0 Å². The lowest BCUT2D eigenvalue weighted by atomic mass is 10.3. The summed E-state index contributed by atoms with van der Waals surface area (Å²) in [5.74, 6) is 0. The summed E-state index contributed by atoms with van der Waals surface area (Å²) in [6.07, 6.45) is 0.187. The monoisotopic (exact) mass is 295 g/mol. The second-order valence-corrected chi connectivity index (χ2v) is 6.56. The molecule has 0 atom stereocenters. The highest BCUT2D eigenvalue weighted by Gasteiger charge is 2.26. The summed E-state index contributed by atoms with van der Waals surface area (Å²) in [6.45, 7) is 6.59. The summed E-state index contributed by atoms with van der Waals surface area (Å²) in [5, 5.41) is 11.8. The molecule has 0 aliphatic carbocycles. The third-order valence-electron chi connectivity index (χ3n) is 2.86. The number of anilines is 1. The van der Waals surface area contributed by atoms with Crippen LogP contribution in [0.5, 0.6) is 0 Å². The summed E-state index contributed by atoms with van der Waals surface area (Å²) in [7, 11) is -3.55. The first-order valence-electron chi connectivity index (χ1n) is 6.66. The fraction of sp³-hybridized carbons (Fsp3) is 0.500. The summed E-state index contributed by atoms with van der Waals surface area (Å²) in [4.78, 5) is 0.255. The molecule has 0 saturated carbocycles. The largest absolute Gasteiger partial charge is 0.385 e. The van der Waals surface area contributed by atoms with Gasteiger partial charge in [-0.3, -0.25) is 0 Å². The van der Waals surface area contributed by atoms with Crippen LogP contribution in [0.1, 0.15) is 27.2 Å². The van der Waals surface area contributed by atoms with E-state index in [9.17, 15) is 8.42 Å². The van der Waals surface area contributed by atoms with Crippen molar-refractivity contribution in [1.29, 1.82) is 5.26 Å². The lowest BCUT2D eigenvalue weighted by Crippen LogP contribution is -2.37.